The molecule has 0 atom stereocenters. The summed E-state index contributed by atoms with van der Waals surface area (Å²) in [5.41, 5.74) is 0.769. The number of nitrogens with one attached hydrogen (secondary N) is 1. The van der Waals surface area contributed by atoms with Gasteiger partial charge >= 0.3 is 0 Å². The minimum absolute atomic E-state index is 0.150. The number of unbranched alkanes of at least 4 members (excludes halogenated alkanes) is 1. The number of sulfonamides is 1. The Balaban J connectivity index is 2.02. The van der Waals surface area contributed by atoms with Crippen LogP contribution in [0.1, 0.15) is 25.3 Å². The third kappa shape index (κ3) is 5.37. The highest BCUT2D eigenvalue weighted by Gasteiger charge is 2.14. The summed E-state index contributed by atoms with van der Waals surface area (Å²) in [4.78, 5) is 0.195. The van der Waals surface area contributed by atoms with E-state index in [9.17, 15) is 8.42 Å². The molecule has 0 radical (unpaired) electrons. The van der Waals surface area contributed by atoms with E-state index in [1.165, 1.54) is 19.2 Å². The molecule has 0 unspecified atom stereocenters. The molecule has 0 saturated heterocycles. The van der Waals surface area contributed by atoms with E-state index in [0.717, 1.165) is 18.4 Å². The third-order valence-electron chi connectivity index (χ3n) is 3.81. The zero-order valence-electron chi connectivity index (χ0n) is 15.3. The van der Waals surface area contributed by atoms with Gasteiger partial charge in [-0.3, -0.25) is 0 Å². The van der Waals surface area contributed by atoms with E-state index in [1.54, 1.807) is 37.4 Å². The molecule has 26 heavy (non-hydrogen) atoms. The zero-order chi connectivity index (χ0) is 19.0. The molecule has 0 amide bonds. The average Bonchev–Trinajstić information content (AvgIpc) is 2.67. The van der Waals surface area contributed by atoms with Crippen molar-refractivity contribution in [1.82, 2.24) is 4.72 Å². The van der Waals surface area contributed by atoms with Crippen molar-refractivity contribution in [3.63, 3.8) is 0 Å². The summed E-state index contributed by atoms with van der Waals surface area (Å²) < 4.78 is 43.4. The molecule has 2 aromatic rings. The van der Waals surface area contributed by atoms with E-state index in [-0.39, 0.29) is 11.4 Å². The molecule has 2 rings (SSSR count). The lowest BCUT2D eigenvalue weighted by molar-refractivity contribution is 0.309. The van der Waals surface area contributed by atoms with Crippen LogP contribution in [0.3, 0.4) is 0 Å². The van der Waals surface area contributed by atoms with Crippen LogP contribution in [0.5, 0.6) is 17.2 Å². The van der Waals surface area contributed by atoms with Gasteiger partial charge in [-0.15, -0.1) is 0 Å². The number of ether oxygens (including phenoxy) is 3. The molecule has 0 saturated carbocycles. The SMILES string of the molecule is CCCCOc1ccc(S(=O)(=O)NCc2ccc(OC)c(OC)c2)cc1. The second-order valence-electron chi connectivity index (χ2n) is 5.69. The highest BCUT2D eigenvalue weighted by molar-refractivity contribution is 7.89. The van der Waals surface area contributed by atoms with E-state index in [0.29, 0.717) is 23.9 Å². The number of hydrogen-bond donors (Lipinski definition) is 1. The van der Waals surface area contributed by atoms with Gasteiger partial charge in [0, 0.05) is 6.54 Å². The van der Waals surface area contributed by atoms with Crippen LogP contribution < -0.4 is 18.9 Å². The number of benzene rings is 2. The molecule has 0 aliphatic rings. The minimum Gasteiger partial charge on any atom is -0.494 e. The maximum atomic E-state index is 12.4. The molecule has 2 aromatic carbocycles. The molecule has 0 bridgehead atoms. The van der Waals surface area contributed by atoms with Crippen LogP contribution in [0.4, 0.5) is 0 Å². The van der Waals surface area contributed by atoms with Crippen LogP contribution in [-0.4, -0.2) is 29.2 Å². The van der Waals surface area contributed by atoms with Crippen LogP contribution in [-0.2, 0) is 16.6 Å². The zero-order valence-corrected chi connectivity index (χ0v) is 16.1. The summed E-state index contributed by atoms with van der Waals surface area (Å²) in [6.45, 7) is 2.86. The van der Waals surface area contributed by atoms with Crippen molar-refractivity contribution in [1.29, 1.82) is 0 Å². The highest BCUT2D eigenvalue weighted by atomic mass is 32.2. The van der Waals surface area contributed by atoms with Crippen LogP contribution in [0, 0.1) is 0 Å². The van der Waals surface area contributed by atoms with Gasteiger partial charge in [0.15, 0.2) is 11.5 Å². The molecular formula is C19H25NO5S. The maximum Gasteiger partial charge on any atom is 0.240 e. The van der Waals surface area contributed by atoms with Crippen LogP contribution in [0.25, 0.3) is 0 Å². The van der Waals surface area contributed by atoms with Crippen LogP contribution in [0.2, 0.25) is 0 Å². The second kappa shape index (κ2) is 9.45. The van der Waals surface area contributed by atoms with Crippen molar-refractivity contribution in [2.75, 3.05) is 20.8 Å². The highest BCUT2D eigenvalue weighted by Crippen LogP contribution is 2.27. The molecule has 7 heteroatoms. The summed E-state index contributed by atoms with van der Waals surface area (Å²) in [5.74, 6) is 1.81. The molecule has 0 aromatic heterocycles. The van der Waals surface area contributed by atoms with Crippen molar-refractivity contribution < 1.29 is 22.6 Å². The van der Waals surface area contributed by atoms with Gasteiger partial charge in [0.2, 0.25) is 10.0 Å². The predicted octanol–water partition coefficient (Wildman–Crippen LogP) is 3.36. The van der Waals surface area contributed by atoms with E-state index >= 15 is 0 Å². The largest absolute Gasteiger partial charge is 0.494 e. The van der Waals surface area contributed by atoms with E-state index in [4.69, 9.17) is 14.2 Å². The van der Waals surface area contributed by atoms with Crippen LogP contribution in [0.15, 0.2) is 47.4 Å². The lowest BCUT2D eigenvalue weighted by Gasteiger charge is -2.11. The Bertz CT molecular complexity index is 803. The molecule has 1 N–H and O–H groups in total. The fraction of sp³-hybridized carbons (Fsp3) is 0.368. The molecule has 142 valence electrons. The van der Waals surface area contributed by atoms with Gasteiger partial charge in [0.25, 0.3) is 0 Å². The molecule has 0 heterocycles. The number of methoxy groups -OCH3 is 2. The first-order chi connectivity index (χ1) is 12.5. The monoisotopic (exact) mass is 379 g/mol. The topological polar surface area (TPSA) is 73.9 Å². The maximum absolute atomic E-state index is 12.4. The lowest BCUT2D eigenvalue weighted by Crippen LogP contribution is -2.23. The van der Waals surface area contributed by atoms with Gasteiger partial charge in [0.05, 0.1) is 25.7 Å². The van der Waals surface area contributed by atoms with Gasteiger partial charge in [-0.2, -0.15) is 0 Å². The predicted molar refractivity (Wildman–Crippen MR) is 100 cm³/mol. The fourth-order valence-corrected chi connectivity index (χ4v) is 3.32. The first-order valence-electron chi connectivity index (χ1n) is 8.43. The van der Waals surface area contributed by atoms with Crippen molar-refractivity contribution in [3.8, 4) is 17.2 Å². The molecule has 0 aliphatic heterocycles. The summed E-state index contributed by atoms with van der Waals surface area (Å²) in [5, 5.41) is 0. The van der Waals surface area contributed by atoms with Gasteiger partial charge in [0.1, 0.15) is 5.75 Å². The Labute approximate surface area is 155 Å². The normalized spacial score (nSPS) is 11.2. The second-order valence-corrected chi connectivity index (χ2v) is 7.45. The lowest BCUT2D eigenvalue weighted by atomic mass is 10.2. The van der Waals surface area contributed by atoms with Crippen molar-refractivity contribution in [2.45, 2.75) is 31.2 Å². The first-order valence-corrected chi connectivity index (χ1v) is 9.92. The summed E-state index contributed by atoms with van der Waals surface area (Å²) in [6, 6.07) is 11.7. The third-order valence-corrected chi connectivity index (χ3v) is 5.23. The van der Waals surface area contributed by atoms with Gasteiger partial charge in [-0.05, 0) is 48.4 Å². The Morgan fingerprint density at radius 3 is 2.27 bits per heavy atom. The number of hydrogen-bond acceptors (Lipinski definition) is 5. The Kier molecular flexibility index (Phi) is 7.29. The molecule has 0 spiro atoms. The Morgan fingerprint density at radius 2 is 1.65 bits per heavy atom. The Hall–Kier alpha value is -2.25. The summed E-state index contributed by atoms with van der Waals surface area (Å²) in [6.07, 6.45) is 2.01. The first kappa shape index (κ1) is 20.1. The van der Waals surface area contributed by atoms with E-state index in [1.807, 2.05) is 0 Å². The van der Waals surface area contributed by atoms with Crippen molar-refractivity contribution in [3.05, 3.63) is 48.0 Å². The molecule has 0 fully saturated rings. The smallest absolute Gasteiger partial charge is 0.240 e. The number of rotatable bonds is 10. The van der Waals surface area contributed by atoms with Crippen LogP contribution >= 0.6 is 0 Å². The van der Waals surface area contributed by atoms with Gasteiger partial charge in [-0.1, -0.05) is 19.4 Å². The van der Waals surface area contributed by atoms with Crippen molar-refractivity contribution in [2.24, 2.45) is 0 Å². The molecule has 6 nitrogen and oxygen atoms in total. The molecule has 0 aliphatic carbocycles. The fourth-order valence-electron chi connectivity index (χ4n) is 2.30. The van der Waals surface area contributed by atoms with E-state index in [2.05, 4.69) is 11.6 Å². The van der Waals surface area contributed by atoms with Crippen molar-refractivity contribution >= 4 is 10.0 Å². The minimum atomic E-state index is -3.61. The van der Waals surface area contributed by atoms with E-state index < -0.39 is 10.0 Å². The standard InChI is InChI=1S/C19H25NO5S/c1-4-5-12-25-16-7-9-17(10-8-16)26(21,22)20-14-15-6-11-18(23-2)19(13-15)24-3/h6-11,13,20H,4-5,12,14H2,1-3H3. The average molecular weight is 379 g/mol. The molecular weight excluding hydrogens is 354 g/mol. The van der Waals surface area contributed by atoms with Gasteiger partial charge in [-0.25, -0.2) is 13.1 Å². The quantitative estimate of drug-likeness (QED) is 0.641. The summed E-state index contributed by atoms with van der Waals surface area (Å²) >= 11 is 0. The Morgan fingerprint density at radius 1 is 0.962 bits per heavy atom. The summed E-state index contributed by atoms with van der Waals surface area (Å²) in [7, 11) is -0.524. The van der Waals surface area contributed by atoms with Gasteiger partial charge < -0.3 is 14.2 Å².